The number of ether oxygens (including phenoxy) is 1. The summed E-state index contributed by atoms with van der Waals surface area (Å²) in [6.07, 6.45) is 3.17. The van der Waals surface area contributed by atoms with Gasteiger partial charge in [-0.25, -0.2) is 0 Å². The Bertz CT molecular complexity index is 569. The second-order valence-electron chi connectivity index (χ2n) is 6.63. The van der Waals surface area contributed by atoms with Crippen molar-refractivity contribution in [3.05, 3.63) is 34.4 Å². The number of aliphatic hydroxyl groups excluding tert-OH is 1. The van der Waals surface area contributed by atoms with Crippen LogP contribution in [0.4, 0.5) is 5.69 Å². The van der Waals surface area contributed by atoms with E-state index in [9.17, 15) is 15.2 Å². The molecule has 2 atom stereocenters. The van der Waals surface area contributed by atoms with E-state index in [0.29, 0.717) is 12.6 Å². The summed E-state index contributed by atoms with van der Waals surface area (Å²) in [6, 6.07) is 6.87. The molecule has 2 aliphatic heterocycles. The number of aliphatic hydroxyl groups is 1. The largest absolute Gasteiger partial charge is 0.484 e. The monoisotopic (exact) mass is 335 g/mol. The lowest BCUT2D eigenvalue weighted by Crippen LogP contribution is -2.56. The number of piperidine rings is 1. The number of fused-ring (bicyclic) bond motifs is 1. The van der Waals surface area contributed by atoms with Crippen molar-refractivity contribution in [3.8, 4) is 5.75 Å². The molecule has 7 nitrogen and oxygen atoms in total. The van der Waals surface area contributed by atoms with E-state index in [0.717, 1.165) is 19.6 Å². The molecule has 1 aromatic rings. The van der Waals surface area contributed by atoms with Crippen LogP contribution in [0.2, 0.25) is 0 Å². The number of rotatable bonds is 6. The molecular weight excluding hydrogens is 310 g/mol. The van der Waals surface area contributed by atoms with Gasteiger partial charge in [-0.1, -0.05) is 18.6 Å². The highest BCUT2D eigenvalue weighted by Gasteiger charge is 2.29. The first-order valence-electron chi connectivity index (χ1n) is 8.64. The van der Waals surface area contributed by atoms with Gasteiger partial charge in [0.2, 0.25) is 0 Å². The lowest BCUT2D eigenvalue weighted by Gasteiger charge is -2.44. The van der Waals surface area contributed by atoms with Crippen molar-refractivity contribution < 1.29 is 14.8 Å². The van der Waals surface area contributed by atoms with Crippen LogP contribution in [-0.4, -0.2) is 71.3 Å². The third-order valence-corrected chi connectivity index (χ3v) is 4.88. The maximum atomic E-state index is 11.0. The standard InChI is InChI=1S/C17H25N3O4/c21-15(13-24-17-7-2-1-6-16(17)20(22)23)12-18-9-10-19-8-4-3-5-14(19)11-18/h1-2,6-7,14-15,21H,3-5,8-13H2/t14-,15+/m1/s1. The molecule has 0 bridgehead atoms. The average molecular weight is 335 g/mol. The Labute approximate surface area is 142 Å². The fourth-order valence-corrected chi connectivity index (χ4v) is 3.65. The van der Waals surface area contributed by atoms with Crippen molar-refractivity contribution in [2.75, 3.05) is 39.3 Å². The van der Waals surface area contributed by atoms with Crippen LogP contribution >= 0.6 is 0 Å². The molecule has 7 heteroatoms. The third-order valence-electron chi connectivity index (χ3n) is 4.88. The van der Waals surface area contributed by atoms with Gasteiger partial charge < -0.3 is 9.84 Å². The van der Waals surface area contributed by atoms with E-state index in [1.165, 1.54) is 31.9 Å². The van der Waals surface area contributed by atoms with Gasteiger partial charge in [-0.2, -0.15) is 0 Å². The molecule has 2 saturated heterocycles. The molecule has 0 spiro atoms. The molecule has 0 saturated carbocycles. The maximum Gasteiger partial charge on any atom is 0.310 e. The number of benzene rings is 1. The number of β-amino-alcohol motifs (C(OH)–C–C–N with tert-alkyl or cyclic N) is 1. The number of nitro groups is 1. The molecule has 0 aliphatic carbocycles. The summed E-state index contributed by atoms with van der Waals surface area (Å²) in [5.41, 5.74) is -0.0690. The first-order chi connectivity index (χ1) is 11.6. The first kappa shape index (κ1) is 17.1. The maximum absolute atomic E-state index is 11.0. The summed E-state index contributed by atoms with van der Waals surface area (Å²) in [5, 5.41) is 21.2. The van der Waals surface area contributed by atoms with Crippen LogP contribution < -0.4 is 4.74 Å². The van der Waals surface area contributed by atoms with Crippen molar-refractivity contribution in [2.24, 2.45) is 0 Å². The molecule has 2 aliphatic rings. The Morgan fingerprint density at radius 2 is 2.12 bits per heavy atom. The average Bonchev–Trinajstić information content (AvgIpc) is 2.60. The van der Waals surface area contributed by atoms with Crippen molar-refractivity contribution in [1.82, 2.24) is 9.80 Å². The minimum absolute atomic E-state index is 0.0652. The molecule has 0 radical (unpaired) electrons. The van der Waals surface area contributed by atoms with E-state index < -0.39 is 11.0 Å². The van der Waals surface area contributed by atoms with E-state index >= 15 is 0 Å². The van der Waals surface area contributed by atoms with E-state index in [4.69, 9.17) is 4.74 Å². The summed E-state index contributed by atoms with van der Waals surface area (Å²) in [7, 11) is 0. The second-order valence-corrected chi connectivity index (χ2v) is 6.63. The van der Waals surface area contributed by atoms with E-state index in [1.807, 2.05) is 0 Å². The Morgan fingerprint density at radius 3 is 2.96 bits per heavy atom. The van der Waals surface area contributed by atoms with Crippen LogP contribution in [0, 0.1) is 10.1 Å². The van der Waals surface area contributed by atoms with Crippen LogP contribution in [0.25, 0.3) is 0 Å². The van der Waals surface area contributed by atoms with Gasteiger partial charge in [0.25, 0.3) is 0 Å². The highest BCUT2D eigenvalue weighted by molar-refractivity contribution is 5.45. The predicted molar refractivity (Wildman–Crippen MR) is 90.3 cm³/mol. The molecule has 1 aromatic carbocycles. The van der Waals surface area contributed by atoms with Gasteiger partial charge in [0, 0.05) is 38.3 Å². The quantitative estimate of drug-likeness (QED) is 0.627. The molecule has 0 amide bonds. The van der Waals surface area contributed by atoms with Gasteiger partial charge >= 0.3 is 5.69 Å². The van der Waals surface area contributed by atoms with Crippen molar-refractivity contribution in [3.63, 3.8) is 0 Å². The second kappa shape index (κ2) is 7.92. The van der Waals surface area contributed by atoms with Crippen LogP contribution in [0.15, 0.2) is 24.3 Å². The highest BCUT2D eigenvalue weighted by atomic mass is 16.6. The Balaban J connectivity index is 1.48. The smallest absolute Gasteiger partial charge is 0.310 e. The van der Waals surface area contributed by atoms with E-state index in [2.05, 4.69) is 9.80 Å². The molecule has 0 unspecified atom stereocenters. The zero-order valence-corrected chi connectivity index (χ0v) is 13.8. The van der Waals surface area contributed by atoms with Gasteiger partial charge in [0.1, 0.15) is 12.7 Å². The van der Waals surface area contributed by atoms with Crippen molar-refractivity contribution in [1.29, 1.82) is 0 Å². The number of nitrogens with zero attached hydrogens (tertiary/aromatic N) is 3. The molecule has 24 heavy (non-hydrogen) atoms. The summed E-state index contributed by atoms with van der Waals surface area (Å²) in [5.74, 6) is 0.207. The molecule has 132 valence electrons. The fraction of sp³-hybridized carbons (Fsp3) is 0.647. The molecule has 3 rings (SSSR count). The Morgan fingerprint density at radius 1 is 1.29 bits per heavy atom. The summed E-state index contributed by atoms with van der Waals surface area (Å²) in [6.45, 7) is 4.81. The molecule has 2 fully saturated rings. The summed E-state index contributed by atoms with van der Waals surface area (Å²) < 4.78 is 5.48. The summed E-state index contributed by atoms with van der Waals surface area (Å²) >= 11 is 0. The van der Waals surface area contributed by atoms with Gasteiger partial charge in [0.05, 0.1) is 4.92 Å². The molecular formula is C17H25N3O4. The van der Waals surface area contributed by atoms with E-state index in [1.54, 1.807) is 18.2 Å². The lowest BCUT2D eigenvalue weighted by atomic mass is 9.99. The number of piperazine rings is 1. The van der Waals surface area contributed by atoms with Gasteiger partial charge in [-0.3, -0.25) is 19.9 Å². The number of nitro benzene ring substituents is 1. The zero-order chi connectivity index (χ0) is 16.9. The molecule has 1 N–H and O–H groups in total. The van der Waals surface area contributed by atoms with Gasteiger partial charge in [-0.15, -0.1) is 0 Å². The topological polar surface area (TPSA) is 79.1 Å². The molecule has 0 aromatic heterocycles. The van der Waals surface area contributed by atoms with Crippen molar-refractivity contribution >= 4 is 5.69 Å². The number of para-hydroxylation sites is 2. The highest BCUT2D eigenvalue weighted by Crippen LogP contribution is 2.26. The Hall–Kier alpha value is -1.70. The zero-order valence-electron chi connectivity index (χ0n) is 13.8. The Kier molecular flexibility index (Phi) is 5.65. The SMILES string of the molecule is O=[N+]([O-])c1ccccc1OC[C@@H](O)CN1CCN2CCCC[C@@H]2C1. The normalized spacial score (nSPS) is 23.5. The number of hydrogen-bond acceptors (Lipinski definition) is 6. The predicted octanol–water partition coefficient (Wildman–Crippen LogP) is 1.50. The van der Waals surface area contributed by atoms with E-state index in [-0.39, 0.29) is 18.0 Å². The van der Waals surface area contributed by atoms with Crippen LogP contribution in [0.3, 0.4) is 0 Å². The van der Waals surface area contributed by atoms with Crippen LogP contribution in [-0.2, 0) is 0 Å². The van der Waals surface area contributed by atoms with Crippen LogP contribution in [0.5, 0.6) is 5.75 Å². The fourth-order valence-electron chi connectivity index (χ4n) is 3.65. The van der Waals surface area contributed by atoms with Crippen LogP contribution in [0.1, 0.15) is 19.3 Å². The minimum Gasteiger partial charge on any atom is -0.484 e. The number of hydrogen-bond donors (Lipinski definition) is 1. The van der Waals surface area contributed by atoms with Gasteiger partial charge in [0.15, 0.2) is 5.75 Å². The van der Waals surface area contributed by atoms with Gasteiger partial charge in [-0.05, 0) is 25.5 Å². The summed E-state index contributed by atoms with van der Waals surface area (Å²) in [4.78, 5) is 15.3. The first-order valence-corrected chi connectivity index (χ1v) is 8.64. The third kappa shape index (κ3) is 4.23. The minimum atomic E-state index is -0.653. The molecule has 2 heterocycles. The lowest BCUT2D eigenvalue weighted by molar-refractivity contribution is -0.385. The van der Waals surface area contributed by atoms with Crippen molar-refractivity contribution in [2.45, 2.75) is 31.4 Å².